The van der Waals surface area contributed by atoms with Gasteiger partial charge in [0.05, 0.1) is 6.54 Å². The molecule has 0 aliphatic rings. The lowest BCUT2D eigenvalue weighted by Gasteiger charge is -2.18. The number of primary amides is 1. The Balaban J connectivity index is 2.30. The van der Waals surface area contributed by atoms with Crippen LogP contribution in [0.25, 0.3) is 0 Å². The number of rotatable bonds is 7. The Morgan fingerprint density at radius 3 is 2.47 bits per heavy atom. The van der Waals surface area contributed by atoms with Crippen LogP contribution in [0.4, 0.5) is 5.69 Å². The average Bonchev–Trinajstić information content (AvgIpc) is 2.30. The van der Waals surface area contributed by atoms with Crippen LogP contribution in [-0.2, 0) is 11.2 Å². The fraction of sp³-hybridized carbons (Fsp3) is 0.462. The SMILES string of the molecule is CCN(CCCc1ccc(N)cc1)CC(N)=O. The van der Waals surface area contributed by atoms with E-state index in [0.29, 0.717) is 6.54 Å². The number of amides is 1. The molecule has 1 rings (SSSR count). The van der Waals surface area contributed by atoms with E-state index in [-0.39, 0.29) is 5.91 Å². The number of hydrogen-bond donors (Lipinski definition) is 2. The predicted octanol–water partition coefficient (Wildman–Crippen LogP) is 1.01. The van der Waals surface area contributed by atoms with Crippen molar-refractivity contribution in [1.82, 2.24) is 4.90 Å². The summed E-state index contributed by atoms with van der Waals surface area (Å²) in [5.41, 5.74) is 12.9. The fourth-order valence-corrected chi connectivity index (χ4v) is 1.76. The second-order valence-electron chi connectivity index (χ2n) is 4.18. The third kappa shape index (κ3) is 5.36. The normalized spacial score (nSPS) is 10.7. The van der Waals surface area contributed by atoms with E-state index < -0.39 is 0 Å². The van der Waals surface area contributed by atoms with Crippen LogP contribution in [0.1, 0.15) is 18.9 Å². The molecule has 1 aromatic rings. The van der Waals surface area contributed by atoms with Gasteiger partial charge in [0.2, 0.25) is 5.91 Å². The molecule has 0 heterocycles. The molecule has 4 N–H and O–H groups in total. The number of anilines is 1. The molecular formula is C13H21N3O. The van der Waals surface area contributed by atoms with Crippen LogP contribution in [0.3, 0.4) is 0 Å². The fourth-order valence-electron chi connectivity index (χ4n) is 1.76. The summed E-state index contributed by atoms with van der Waals surface area (Å²) in [6.45, 7) is 4.12. The third-order valence-corrected chi connectivity index (χ3v) is 2.75. The highest BCUT2D eigenvalue weighted by atomic mass is 16.1. The van der Waals surface area contributed by atoms with Gasteiger partial charge in [-0.2, -0.15) is 0 Å². The lowest BCUT2D eigenvalue weighted by Crippen LogP contribution is -2.34. The second kappa shape index (κ2) is 6.91. The van der Waals surface area contributed by atoms with Crippen molar-refractivity contribution in [3.8, 4) is 0 Å². The summed E-state index contributed by atoms with van der Waals surface area (Å²) < 4.78 is 0. The van der Waals surface area contributed by atoms with Crippen LogP contribution in [0.15, 0.2) is 24.3 Å². The molecule has 17 heavy (non-hydrogen) atoms. The summed E-state index contributed by atoms with van der Waals surface area (Å²) in [4.78, 5) is 12.9. The van der Waals surface area contributed by atoms with Crippen molar-refractivity contribution in [3.63, 3.8) is 0 Å². The van der Waals surface area contributed by atoms with E-state index in [1.165, 1.54) is 5.56 Å². The number of nitrogen functional groups attached to an aromatic ring is 1. The molecule has 94 valence electrons. The van der Waals surface area contributed by atoms with E-state index >= 15 is 0 Å². The quantitative estimate of drug-likeness (QED) is 0.693. The lowest BCUT2D eigenvalue weighted by molar-refractivity contribution is -0.119. The Morgan fingerprint density at radius 1 is 1.29 bits per heavy atom. The maximum atomic E-state index is 10.8. The van der Waals surface area contributed by atoms with Crippen LogP contribution in [0, 0.1) is 0 Å². The number of benzene rings is 1. The molecule has 0 bridgehead atoms. The van der Waals surface area contributed by atoms with Gasteiger partial charge in [-0.05, 0) is 43.6 Å². The summed E-state index contributed by atoms with van der Waals surface area (Å²) in [6.07, 6.45) is 2.01. The molecule has 0 unspecified atom stereocenters. The number of nitrogens with two attached hydrogens (primary N) is 2. The highest BCUT2D eigenvalue weighted by molar-refractivity contribution is 5.75. The van der Waals surface area contributed by atoms with Crippen LogP contribution < -0.4 is 11.5 Å². The van der Waals surface area contributed by atoms with Crippen LogP contribution >= 0.6 is 0 Å². The van der Waals surface area contributed by atoms with Gasteiger partial charge in [0, 0.05) is 5.69 Å². The van der Waals surface area contributed by atoms with E-state index in [1.54, 1.807) is 0 Å². The van der Waals surface area contributed by atoms with Crippen LogP contribution in [-0.4, -0.2) is 30.4 Å². The maximum absolute atomic E-state index is 10.8. The topological polar surface area (TPSA) is 72.3 Å². The standard InChI is InChI=1S/C13H21N3O/c1-2-16(10-13(15)17)9-3-4-11-5-7-12(14)8-6-11/h5-8H,2-4,9-10,14H2,1H3,(H2,15,17). The Bertz CT molecular complexity index is 348. The molecule has 0 saturated heterocycles. The first-order chi connectivity index (χ1) is 8.11. The van der Waals surface area contributed by atoms with E-state index in [4.69, 9.17) is 11.5 Å². The first-order valence-corrected chi connectivity index (χ1v) is 5.97. The largest absolute Gasteiger partial charge is 0.399 e. The molecule has 0 aromatic heterocycles. The zero-order valence-corrected chi connectivity index (χ0v) is 10.4. The Hall–Kier alpha value is -1.55. The van der Waals surface area contributed by atoms with Gasteiger partial charge in [-0.15, -0.1) is 0 Å². The zero-order chi connectivity index (χ0) is 12.7. The summed E-state index contributed by atoms with van der Waals surface area (Å²) in [7, 11) is 0. The van der Waals surface area contributed by atoms with Gasteiger partial charge in [0.15, 0.2) is 0 Å². The first-order valence-electron chi connectivity index (χ1n) is 5.97. The molecule has 0 aliphatic heterocycles. The molecule has 0 atom stereocenters. The average molecular weight is 235 g/mol. The smallest absolute Gasteiger partial charge is 0.231 e. The number of carbonyl (C=O) groups is 1. The van der Waals surface area contributed by atoms with Crippen molar-refractivity contribution in [2.75, 3.05) is 25.4 Å². The van der Waals surface area contributed by atoms with Crippen molar-refractivity contribution in [3.05, 3.63) is 29.8 Å². The Morgan fingerprint density at radius 2 is 1.94 bits per heavy atom. The molecule has 0 spiro atoms. The summed E-state index contributed by atoms with van der Waals surface area (Å²) in [5, 5.41) is 0. The van der Waals surface area contributed by atoms with Gasteiger partial charge in [0.1, 0.15) is 0 Å². The highest BCUT2D eigenvalue weighted by Gasteiger charge is 2.05. The van der Waals surface area contributed by atoms with Gasteiger partial charge in [-0.1, -0.05) is 19.1 Å². The molecule has 4 nitrogen and oxygen atoms in total. The molecule has 0 radical (unpaired) electrons. The van der Waals surface area contributed by atoms with E-state index in [1.807, 2.05) is 31.2 Å². The molecule has 0 aliphatic carbocycles. The minimum atomic E-state index is -0.265. The van der Waals surface area contributed by atoms with Gasteiger partial charge in [0.25, 0.3) is 0 Å². The minimum absolute atomic E-state index is 0.265. The van der Waals surface area contributed by atoms with Crippen molar-refractivity contribution < 1.29 is 4.79 Å². The first kappa shape index (κ1) is 13.5. The lowest BCUT2D eigenvalue weighted by atomic mass is 10.1. The number of aryl methyl sites for hydroxylation is 1. The van der Waals surface area contributed by atoms with Crippen LogP contribution in [0.2, 0.25) is 0 Å². The van der Waals surface area contributed by atoms with Gasteiger partial charge in [-0.3, -0.25) is 9.69 Å². The zero-order valence-electron chi connectivity index (χ0n) is 10.4. The van der Waals surface area contributed by atoms with Gasteiger partial charge >= 0.3 is 0 Å². The van der Waals surface area contributed by atoms with Crippen molar-refractivity contribution in [2.45, 2.75) is 19.8 Å². The number of likely N-dealkylation sites (N-methyl/N-ethyl adjacent to an activating group) is 1. The predicted molar refractivity (Wildman–Crippen MR) is 70.5 cm³/mol. The van der Waals surface area contributed by atoms with E-state index in [0.717, 1.165) is 31.6 Å². The maximum Gasteiger partial charge on any atom is 0.231 e. The van der Waals surface area contributed by atoms with Gasteiger partial charge < -0.3 is 11.5 Å². The monoisotopic (exact) mass is 235 g/mol. The molecule has 0 saturated carbocycles. The molecule has 4 heteroatoms. The van der Waals surface area contributed by atoms with Gasteiger partial charge in [-0.25, -0.2) is 0 Å². The number of carbonyl (C=O) groups excluding carboxylic acids is 1. The summed E-state index contributed by atoms with van der Waals surface area (Å²) in [5.74, 6) is -0.265. The van der Waals surface area contributed by atoms with Crippen molar-refractivity contribution >= 4 is 11.6 Å². The van der Waals surface area contributed by atoms with Crippen molar-refractivity contribution in [1.29, 1.82) is 0 Å². The highest BCUT2D eigenvalue weighted by Crippen LogP contribution is 2.08. The summed E-state index contributed by atoms with van der Waals surface area (Å²) >= 11 is 0. The Labute approximate surface area is 103 Å². The molecule has 1 aromatic carbocycles. The minimum Gasteiger partial charge on any atom is -0.399 e. The summed E-state index contributed by atoms with van der Waals surface area (Å²) in [6, 6.07) is 7.91. The number of hydrogen-bond acceptors (Lipinski definition) is 3. The molecule has 1 amide bonds. The molecular weight excluding hydrogens is 214 g/mol. The van der Waals surface area contributed by atoms with E-state index in [2.05, 4.69) is 4.90 Å². The Kier molecular flexibility index (Phi) is 5.49. The van der Waals surface area contributed by atoms with E-state index in [9.17, 15) is 4.79 Å². The number of nitrogens with zero attached hydrogens (tertiary/aromatic N) is 1. The van der Waals surface area contributed by atoms with Crippen molar-refractivity contribution in [2.24, 2.45) is 5.73 Å². The third-order valence-electron chi connectivity index (χ3n) is 2.75. The molecule has 0 fully saturated rings. The second-order valence-corrected chi connectivity index (χ2v) is 4.18. The van der Waals surface area contributed by atoms with Crippen LogP contribution in [0.5, 0.6) is 0 Å².